The first-order valence-electron chi connectivity index (χ1n) is 5.91. The summed E-state index contributed by atoms with van der Waals surface area (Å²) < 4.78 is 2.11. The second kappa shape index (κ2) is 3.47. The molecule has 0 aliphatic rings. The minimum absolute atomic E-state index is 1.02. The summed E-state index contributed by atoms with van der Waals surface area (Å²) >= 11 is 0. The lowest BCUT2D eigenvalue weighted by molar-refractivity contribution is 1.10. The van der Waals surface area contributed by atoms with Crippen molar-refractivity contribution < 1.29 is 0 Å². The van der Waals surface area contributed by atoms with Crippen LogP contribution < -0.4 is 0 Å². The molecule has 2 heterocycles. The Labute approximate surface area is 104 Å². The van der Waals surface area contributed by atoms with E-state index < -0.39 is 0 Å². The van der Waals surface area contributed by atoms with Crippen LogP contribution in [0.5, 0.6) is 0 Å². The van der Waals surface area contributed by atoms with Gasteiger partial charge in [-0.1, -0.05) is 12.1 Å². The summed E-state index contributed by atoms with van der Waals surface area (Å²) in [7, 11) is 0. The Hall–Kier alpha value is -2.55. The van der Waals surface area contributed by atoms with Crippen LogP contribution >= 0.6 is 0 Å². The van der Waals surface area contributed by atoms with Crippen LogP contribution in [0.1, 0.15) is 0 Å². The molecule has 3 heteroatoms. The molecule has 0 bridgehead atoms. The summed E-state index contributed by atoms with van der Waals surface area (Å²) in [4.78, 5) is 7.62. The van der Waals surface area contributed by atoms with E-state index in [1.165, 1.54) is 5.39 Å². The largest absolute Gasteiger partial charge is 0.361 e. The molecule has 4 aromatic rings. The number of imidazole rings is 1. The van der Waals surface area contributed by atoms with Gasteiger partial charge in [0.2, 0.25) is 0 Å². The number of para-hydroxylation sites is 2. The van der Waals surface area contributed by atoms with Gasteiger partial charge in [-0.3, -0.25) is 4.57 Å². The number of hydrogen-bond donors (Lipinski definition) is 1. The van der Waals surface area contributed by atoms with Gasteiger partial charge in [-0.2, -0.15) is 0 Å². The van der Waals surface area contributed by atoms with Gasteiger partial charge in [0.25, 0.3) is 0 Å². The summed E-state index contributed by atoms with van der Waals surface area (Å²) in [6.07, 6.45) is 3.83. The van der Waals surface area contributed by atoms with Crippen molar-refractivity contribution in [2.24, 2.45) is 0 Å². The van der Waals surface area contributed by atoms with Crippen LogP contribution in [0.4, 0.5) is 0 Å². The highest BCUT2D eigenvalue weighted by Gasteiger charge is 2.04. The fourth-order valence-corrected chi connectivity index (χ4v) is 2.36. The molecule has 0 amide bonds. The Bertz CT molecular complexity index is 839. The molecule has 0 fully saturated rings. The van der Waals surface area contributed by atoms with E-state index in [-0.39, 0.29) is 0 Å². The van der Waals surface area contributed by atoms with Crippen LogP contribution in [0.25, 0.3) is 27.6 Å². The van der Waals surface area contributed by atoms with Gasteiger partial charge in [0.05, 0.1) is 11.0 Å². The standard InChI is InChI=1S/C15H11N3/c1-2-4-15-14(3-1)17-10-18(15)12-5-6-13-11(9-12)7-8-16-13/h1-10,16H. The fraction of sp³-hybridized carbons (Fsp3) is 0. The van der Waals surface area contributed by atoms with Crippen molar-refractivity contribution in [1.29, 1.82) is 0 Å². The minimum Gasteiger partial charge on any atom is -0.361 e. The van der Waals surface area contributed by atoms with Gasteiger partial charge in [0.15, 0.2) is 0 Å². The molecule has 0 saturated heterocycles. The second-order valence-electron chi connectivity index (χ2n) is 4.35. The summed E-state index contributed by atoms with van der Waals surface area (Å²) in [5.41, 5.74) is 4.44. The number of fused-ring (bicyclic) bond motifs is 2. The highest BCUT2D eigenvalue weighted by molar-refractivity contribution is 5.83. The van der Waals surface area contributed by atoms with E-state index in [1.54, 1.807) is 0 Å². The quantitative estimate of drug-likeness (QED) is 0.536. The number of H-pyrrole nitrogens is 1. The summed E-state index contributed by atoms with van der Waals surface area (Å²) in [6.45, 7) is 0. The van der Waals surface area contributed by atoms with Crippen molar-refractivity contribution in [1.82, 2.24) is 14.5 Å². The molecule has 0 atom stereocenters. The van der Waals surface area contributed by atoms with Crippen molar-refractivity contribution in [2.75, 3.05) is 0 Å². The van der Waals surface area contributed by atoms with Crippen LogP contribution in [0, 0.1) is 0 Å². The SMILES string of the molecule is c1ccc2c(c1)ncn2-c1ccc2[nH]ccc2c1. The number of nitrogens with zero attached hydrogens (tertiary/aromatic N) is 2. The normalized spacial score (nSPS) is 11.3. The minimum atomic E-state index is 1.02. The smallest absolute Gasteiger partial charge is 0.100 e. The monoisotopic (exact) mass is 233 g/mol. The molecule has 0 unspecified atom stereocenters. The first-order valence-corrected chi connectivity index (χ1v) is 5.91. The van der Waals surface area contributed by atoms with Crippen LogP contribution in [0.3, 0.4) is 0 Å². The predicted octanol–water partition coefficient (Wildman–Crippen LogP) is 3.51. The number of aromatic nitrogens is 3. The molecular formula is C15H11N3. The lowest BCUT2D eigenvalue weighted by Gasteiger charge is -2.04. The molecule has 1 N–H and O–H groups in total. The van der Waals surface area contributed by atoms with Crippen LogP contribution in [0.2, 0.25) is 0 Å². The molecule has 4 rings (SSSR count). The van der Waals surface area contributed by atoms with E-state index in [0.717, 1.165) is 22.2 Å². The molecule has 86 valence electrons. The average Bonchev–Trinajstić information content (AvgIpc) is 3.04. The topological polar surface area (TPSA) is 33.6 Å². The molecule has 0 saturated carbocycles. The van der Waals surface area contributed by atoms with Crippen molar-refractivity contribution in [3.63, 3.8) is 0 Å². The van der Waals surface area contributed by atoms with Crippen molar-refractivity contribution >= 4 is 21.9 Å². The third-order valence-corrected chi connectivity index (χ3v) is 3.27. The molecule has 0 aliphatic heterocycles. The van der Waals surface area contributed by atoms with Crippen molar-refractivity contribution in [3.05, 3.63) is 61.1 Å². The molecule has 2 aromatic carbocycles. The summed E-state index contributed by atoms with van der Waals surface area (Å²) in [5.74, 6) is 0. The fourth-order valence-electron chi connectivity index (χ4n) is 2.36. The van der Waals surface area contributed by atoms with E-state index >= 15 is 0 Å². The zero-order chi connectivity index (χ0) is 11.9. The first kappa shape index (κ1) is 9.48. The van der Waals surface area contributed by atoms with E-state index in [9.17, 15) is 0 Å². The molecule has 0 spiro atoms. The Kier molecular flexibility index (Phi) is 1.83. The van der Waals surface area contributed by atoms with Gasteiger partial charge in [-0.15, -0.1) is 0 Å². The summed E-state index contributed by atoms with van der Waals surface area (Å²) in [6, 6.07) is 16.6. The van der Waals surface area contributed by atoms with E-state index in [0.29, 0.717) is 0 Å². The lowest BCUT2D eigenvalue weighted by Crippen LogP contribution is -1.90. The third-order valence-electron chi connectivity index (χ3n) is 3.27. The highest BCUT2D eigenvalue weighted by atomic mass is 15.0. The number of aromatic amines is 1. The summed E-state index contributed by atoms with van der Waals surface area (Å²) in [5, 5.41) is 1.21. The molecule has 2 aromatic heterocycles. The number of nitrogens with one attached hydrogen (secondary N) is 1. The maximum Gasteiger partial charge on any atom is 0.100 e. The number of rotatable bonds is 1. The third kappa shape index (κ3) is 1.27. The van der Waals surface area contributed by atoms with Crippen LogP contribution in [0.15, 0.2) is 61.1 Å². The molecule has 0 aliphatic carbocycles. The van der Waals surface area contributed by atoms with Crippen LogP contribution in [-0.2, 0) is 0 Å². The highest BCUT2D eigenvalue weighted by Crippen LogP contribution is 2.21. The van der Waals surface area contributed by atoms with Crippen molar-refractivity contribution in [2.45, 2.75) is 0 Å². The van der Waals surface area contributed by atoms with Gasteiger partial charge >= 0.3 is 0 Å². The Morgan fingerprint density at radius 3 is 2.94 bits per heavy atom. The second-order valence-corrected chi connectivity index (χ2v) is 4.35. The molecule has 0 radical (unpaired) electrons. The predicted molar refractivity (Wildman–Crippen MR) is 72.9 cm³/mol. The van der Waals surface area contributed by atoms with Crippen molar-refractivity contribution in [3.8, 4) is 5.69 Å². The molecule has 18 heavy (non-hydrogen) atoms. The van der Waals surface area contributed by atoms with E-state index in [4.69, 9.17) is 0 Å². The Morgan fingerprint density at radius 1 is 1.00 bits per heavy atom. The van der Waals surface area contributed by atoms with Crippen LogP contribution in [-0.4, -0.2) is 14.5 Å². The zero-order valence-corrected chi connectivity index (χ0v) is 9.67. The van der Waals surface area contributed by atoms with Gasteiger partial charge in [-0.25, -0.2) is 4.98 Å². The van der Waals surface area contributed by atoms with Gasteiger partial charge in [0.1, 0.15) is 6.33 Å². The average molecular weight is 233 g/mol. The van der Waals surface area contributed by atoms with Gasteiger partial charge < -0.3 is 4.98 Å². The Morgan fingerprint density at radius 2 is 1.94 bits per heavy atom. The van der Waals surface area contributed by atoms with Gasteiger partial charge in [0, 0.05) is 22.8 Å². The first-order chi connectivity index (χ1) is 8.92. The Balaban J connectivity index is 2.00. The lowest BCUT2D eigenvalue weighted by atomic mass is 10.2. The zero-order valence-electron chi connectivity index (χ0n) is 9.67. The molecule has 3 nitrogen and oxygen atoms in total. The maximum absolute atomic E-state index is 4.42. The molecular weight excluding hydrogens is 222 g/mol. The number of hydrogen-bond acceptors (Lipinski definition) is 1. The van der Waals surface area contributed by atoms with E-state index in [1.807, 2.05) is 30.7 Å². The van der Waals surface area contributed by atoms with E-state index in [2.05, 4.69) is 44.9 Å². The maximum atomic E-state index is 4.42. The number of benzene rings is 2. The van der Waals surface area contributed by atoms with Gasteiger partial charge in [-0.05, 0) is 36.4 Å².